The van der Waals surface area contributed by atoms with Gasteiger partial charge in [-0.2, -0.15) is 0 Å². The summed E-state index contributed by atoms with van der Waals surface area (Å²) >= 11 is 0. The quantitative estimate of drug-likeness (QED) is 0.575. The van der Waals surface area contributed by atoms with Gasteiger partial charge in [-0.05, 0) is 43.7 Å². The van der Waals surface area contributed by atoms with Crippen molar-refractivity contribution in [2.75, 3.05) is 26.3 Å². The summed E-state index contributed by atoms with van der Waals surface area (Å²) in [5.41, 5.74) is 0.254. The maximum absolute atomic E-state index is 10.6. The van der Waals surface area contributed by atoms with E-state index in [9.17, 15) is 4.79 Å². The molecule has 0 heterocycles. The minimum absolute atomic E-state index is 0.230. The first-order valence-corrected chi connectivity index (χ1v) is 6.02. The lowest BCUT2D eigenvalue weighted by atomic mass is 10.2. The molecule has 0 aliphatic heterocycles. The van der Waals surface area contributed by atoms with E-state index in [4.69, 9.17) is 14.9 Å². The van der Waals surface area contributed by atoms with E-state index in [1.165, 1.54) is 12.1 Å². The number of hydrogen-bond acceptors (Lipinski definition) is 4. The first-order chi connectivity index (χ1) is 8.74. The smallest absolute Gasteiger partial charge is 0.335 e. The standard InChI is InChI=1S/C13H19NO4/c15-9-2-1-7-14-8-10-18-12-5-3-11(4-6-12)13(16)17/h3-6,14-15H,1-2,7-10H2,(H,16,17). The van der Waals surface area contributed by atoms with Crippen molar-refractivity contribution < 1.29 is 19.7 Å². The van der Waals surface area contributed by atoms with Crippen LogP contribution in [-0.4, -0.2) is 42.5 Å². The summed E-state index contributed by atoms with van der Waals surface area (Å²) in [7, 11) is 0. The van der Waals surface area contributed by atoms with Crippen molar-refractivity contribution in [1.29, 1.82) is 0 Å². The number of unbranched alkanes of at least 4 members (excludes halogenated alkanes) is 1. The van der Waals surface area contributed by atoms with E-state index in [1.54, 1.807) is 12.1 Å². The average molecular weight is 253 g/mol. The fourth-order valence-electron chi connectivity index (χ4n) is 1.42. The zero-order chi connectivity index (χ0) is 13.2. The SMILES string of the molecule is O=C(O)c1ccc(OCCNCCCCO)cc1. The Kier molecular flexibility index (Phi) is 6.83. The highest BCUT2D eigenvalue weighted by molar-refractivity contribution is 5.87. The van der Waals surface area contributed by atoms with Crippen LogP contribution in [0.3, 0.4) is 0 Å². The summed E-state index contributed by atoms with van der Waals surface area (Å²) in [4.78, 5) is 10.6. The van der Waals surface area contributed by atoms with Gasteiger partial charge in [0.1, 0.15) is 12.4 Å². The van der Waals surface area contributed by atoms with Gasteiger partial charge in [0.15, 0.2) is 0 Å². The second-order valence-electron chi connectivity index (χ2n) is 3.86. The van der Waals surface area contributed by atoms with Gasteiger partial charge < -0.3 is 20.3 Å². The molecule has 18 heavy (non-hydrogen) atoms. The number of benzene rings is 1. The molecular formula is C13H19NO4. The highest BCUT2D eigenvalue weighted by atomic mass is 16.5. The molecule has 0 fully saturated rings. The largest absolute Gasteiger partial charge is 0.492 e. The number of carbonyl (C=O) groups is 1. The molecule has 0 radical (unpaired) electrons. The van der Waals surface area contributed by atoms with Gasteiger partial charge in [0, 0.05) is 13.2 Å². The van der Waals surface area contributed by atoms with Crippen LogP contribution >= 0.6 is 0 Å². The highest BCUT2D eigenvalue weighted by Crippen LogP contribution is 2.11. The minimum atomic E-state index is -0.938. The summed E-state index contributed by atoms with van der Waals surface area (Å²) in [5.74, 6) is -0.274. The number of aliphatic hydroxyl groups excluding tert-OH is 1. The van der Waals surface area contributed by atoms with Gasteiger partial charge in [-0.1, -0.05) is 0 Å². The van der Waals surface area contributed by atoms with Crippen LogP contribution in [0.4, 0.5) is 0 Å². The summed E-state index contributed by atoms with van der Waals surface area (Å²) < 4.78 is 5.44. The molecule has 0 amide bonds. The van der Waals surface area contributed by atoms with Crippen molar-refractivity contribution in [3.8, 4) is 5.75 Å². The van der Waals surface area contributed by atoms with Crippen LogP contribution in [0.2, 0.25) is 0 Å². The maximum atomic E-state index is 10.6. The van der Waals surface area contributed by atoms with Crippen molar-refractivity contribution in [1.82, 2.24) is 5.32 Å². The monoisotopic (exact) mass is 253 g/mol. The summed E-state index contributed by atoms with van der Waals surface area (Å²) in [5, 5.41) is 20.5. The van der Waals surface area contributed by atoms with Crippen LogP contribution in [0.1, 0.15) is 23.2 Å². The van der Waals surface area contributed by atoms with E-state index in [0.717, 1.165) is 25.9 Å². The Hall–Kier alpha value is -1.59. The van der Waals surface area contributed by atoms with Crippen LogP contribution in [0, 0.1) is 0 Å². The first kappa shape index (κ1) is 14.5. The molecule has 0 atom stereocenters. The topological polar surface area (TPSA) is 78.8 Å². The summed E-state index contributed by atoms with van der Waals surface area (Å²) in [6.07, 6.45) is 1.76. The molecular weight excluding hydrogens is 234 g/mol. The Balaban J connectivity index is 2.14. The van der Waals surface area contributed by atoms with Gasteiger partial charge in [0.25, 0.3) is 0 Å². The van der Waals surface area contributed by atoms with Crippen molar-refractivity contribution in [2.45, 2.75) is 12.8 Å². The van der Waals surface area contributed by atoms with Crippen molar-refractivity contribution >= 4 is 5.97 Å². The number of aliphatic hydroxyl groups is 1. The van der Waals surface area contributed by atoms with Gasteiger partial charge in [-0.25, -0.2) is 4.79 Å². The molecule has 0 aromatic heterocycles. The fourth-order valence-corrected chi connectivity index (χ4v) is 1.42. The van der Waals surface area contributed by atoms with E-state index < -0.39 is 5.97 Å². The van der Waals surface area contributed by atoms with Crippen molar-refractivity contribution in [3.05, 3.63) is 29.8 Å². The first-order valence-electron chi connectivity index (χ1n) is 6.02. The third kappa shape index (κ3) is 5.65. The molecule has 0 saturated heterocycles. The van der Waals surface area contributed by atoms with E-state index in [2.05, 4.69) is 5.32 Å². The predicted octanol–water partition coefficient (Wildman–Crippen LogP) is 1.13. The number of nitrogens with one attached hydrogen (secondary N) is 1. The van der Waals surface area contributed by atoms with Gasteiger partial charge in [-0.3, -0.25) is 0 Å². The second-order valence-corrected chi connectivity index (χ2v) is 3.86. The molecule has 1 aromatic rings. The lowest BCUT2D eigenvalue weighted by Crippen LogP contribution is -2.22. The number of hydrogen-bond donors (Lipinski definition) is 3. The molecule has 0 aliphatic carbocycles. The third-order valence-electron chi connectivity index (χ3n) is 2.41. The fraction of sp³-hybridized carbons (Fsp3) is 0.462. The lowest BCUT2D eigenvalue weighted by molar-refractivity contribution is 0.0697. The minimum Gasteiger partial charge on any atom is -0.492 e. The number of aromatic carboxylic acids is 1. The molecule has 100 valence electrons. The predicted molar refractivity (Wildman–Crippen MR) is 68.1 cm³/mol. The molecule has 5 heteroatoms. The van der Waals surface area contributed by atoms with Gasteiger partial charge in [0.05, 0.1) is 5.56 Å². The molecule has 0 aliphatic rings. The zero-order valence-electron chi connectivity index (χ0n) is 10.3. The third-order valence-corrected chi connectivity index (χ3v) is 2.41. The van der Waals surface area contributed by atoms with Crippen LogP contribution in [0.25, 0.3) is 0 Å². The van der Waals surface area contributed by atoms with Gasteiger partial charge in [0.2, 0.25) is 0 Å². The maximum Gasteiger partial charge on any atom is 0.335 e. The Bertz CT molecular complexity index is 351. The van der Waals surface area contributed by atoms with Crippen LogP contribution in [-0.2, 0) is 0 Å². The molecule has 3 N–H and O–H groups in total. The Labute approximate surface area is 106 Å². The van der Waals surface area contributed by atoms with Crippen molar-refractivity contribution in [2.24, 2.45) is 0 Å². The van der Waals surface area contributed by atoms with Gasteiger partial charge >= 0.3 is 5.97 Å². The van der Waals surface area contributed by atoms with Crippen molar-refractivity contribution in [3.63, 3.8) is 0 Å². The molecule has 0 unspecified atom stereocenters. The normalized spacial score (nSPS) is 10.3. The van der Waals surface area contributed by atoms with Crippen LogP contribution < -0.4 is 10.1 Å². The highest BCUT2D eigenvalue weighted by Gasteiger charge is 2.01. The summed E-state index contributed by atoms with van der Waals surface area (Å²) in [6, 6.07) is 6.34. The van der Waals surface area contributed by atoms with E-state index in [-0.39, 0.29) is 12.2 Å². The molecule has 0 spiro atoms. The van der Waals surface area contributed by atoms with Crippen LogP contribution in [0.5, 0.6) is 5.75 Å². The van der Waals surface area contributed by atoms with Gasteiger partial charge in [-0.15, -0.1) is 0 Å². The Morgan fingerprint density at radius 3 is 2.50 bits per heavy atom. The van der Waals surface area contributed by atoms with E-state index in [0.29, 0.717) is 12.4 Å². The van der Waals surface area contributed by atoms with E-state index >= 15 is 0 Å². The zero-order valence-corrected chi connectivity index (χ0v) is 10.3. The molecule has 5 nitrogen and oxygen atoms in total. The number of ether oxygens (including phenoxy) is 1. The van der Waals surface area contributed by atoms with E-state index in [1.807, 2.05) is 0 Å². The summed E-state index contributed by atoms with van der Waals surface area (Å²) in [6.45, 7) is 2.35. The Morgan fingerprint density at radius 2 is 1.89 bits per heavy atom. The number of rotatable bonds is 9. The average Bonchev–Trinajstić information content (AvgIpc) is 2.38. The molecule has 0 bridgehead atoms. The lowest BCUT2D eigenvalue weighted by Gasteiger charge is -2.07. The van der Waals surface area contributed by atoms with Crippen LogP contribution in [0.15, 0.2) is 24.3 Å². The Morgan fingerprint density at radius 1 is 1.17 bits per heavy atom. The molecule has 0 saturated carbocycles. The number of carboxylic acid groups (broad SMARTS) is 1. The molecule has 1 aromatic carbocycles. The number of carboxylic acids is 1. The molecule has 1 rings (SSSR count). The second kappa shape index (κ2) is 8.49.